The smallest absolute Gasteiger partial charge is 0.0583 e. The molecule has 3 aliphatic carbocycles. The maximum absolute atomic E-state index is 10.0. The first kappa shape index (κ1) is 22.6. The van der Waals surface area contributed by atoms with Crippen LogP contribution in [0.4, 0.5) is 0 Å². The van der Waals surface area contributed by atoms with E-state index >= 15 is 0 Å². The summed E-state index contributed by atoms with van der Waals surface area (Å²) in [6.07, 6.45) is 18.8. The summed E-state index contributed by atoms with van der Waals surface area (Å²) in [6, 6.07) is 0. The van der Waals surface area contributed by atoms with Crippen LogP contribution in [-0.2, 0) is 0 Å². The van der Waals surface area contributed by atoms with E-state index in [0.717, 1.165) is 37.0 Å². The molecule has 1 nitrogen and oxygen atoms in total. The molecule has 3 saturated carbocycles. The van der Waals surface area contributed by atoms with Crippen molar-refractivity contribution in [1.29, 1.82) is 0 Å². The van der Waals surface area contributed by atoms with Gasteiger partial charge in [0.25, 0.3) is 0 Å². The van der Waals surface area contributed by atoms with Gasteiger partial charge in [-0.15, -0.1) is 0 Å². The molecule has 0 aromatic carbocycles. The van der Waals surface area contributed by atoms with Gasteiger partial charge in [-0.05, 0) is 91.9 Å². The fourth-order valence-corrected chi connectivity index (χ4v) is 6.25. The second-order valence-electron chi connectivity index (χ2n) is 10.9. The van der Waals surface area contributed by atoms with E-state index in [9.17, 15) is 5.11 Å². The minimum Gasteiger partial charge on any atom is -0.393 e. The third-order valence-corrected chi connectivity index (χ3v) is 8.63. The maximum Gasteiger partial charge on any atom is 0.0583 e. The third kappa shape index (κ3) is 4.98. The van der Waals surface area contributed by atoms with E-state index in [-0.39, 0.29) is 6.10 Å². The Balaban J connectivity index is 1.75. The van der Waals surface area contributed by atoms with E-state index in [1.54, 1.807) is 5.57 Å². The predicted molar refractivity (Wildman–Crippen MR) is 126 cm³/mol. The van der Waals surface area contributed by atoms with E-state index < -0.39 is 0 Å². The molecule has 0 bridgehead atoms. The van der Waals surface area contributed by atoms with Gasteiger partial charge in [-0.25, -0.2) is 0 Å². The van der Waals surface area contributed by atoms with Crippen LogP contribution in [0, 0.1) is 35.0 Å². The lowest BCUT2D eigenvalue weighted by molar-refractivity contribution is 0.112. The van der Waals surface area contributed by atoms with Gasteiger partial charge >= 0.3 is 0 Å². The van der Waals surface area contributed by atoms with Gasteiger partial charge in [0.05, 0.1) is 6.10 Å². The Kier molecular flexibility index (Phi) is 7.31. The molecule has 0 aliphatic heterocycles. The molecule has 1 heteroatoms. The molecule has 162 valence electrons. The molecule has 29 heavy (non-hydrogen) atoms. The molecule has 2 unspecified atom stereocenters. The molecule has 0 amide bonds. The van der Waals surface area contributed by atoms with Crippen molar-refractivity contribution in [2.45, 2.75) is 92.1 Å². The van der Waals surface area contributed by atoms with E-state index in [1.807, 2.05) is 0 Å². The Bertz CT molecular complexity index is 678. The summed E-state index contributed by atoms with van der Waals surface area (Å²) in [7, 11) is 0. The molecule has 0 heterocycles. The summed E-state index contributed by atoms with van der Waals surface area (Å²) in [5, 5.41) is 10.0. The summed E-state index contributed by atoms with van der Waals surface area (Å²) in [6.45, 7) is 16.3. The largest absolute Gasteiger partial charge is 0.393 e. The zero-order chi connectivity index (χ0) is 21.2. The highest BCUT2D eigenvalue weighted by molar-refractivity contribution is 5.36. The summed E-state index contributed by atoms with van der Waals surface area (Å²) in [5.41, 5.74) is 4.61. The minimum atomic E-state index is -0.182. The van der Waals surface area contributed by atoms with Gasteiger partial charge in [0.15, 0.2) is 0 Å². The van der Waals surface area contributed by atoms with Crippen LogP contribution in [0.5, 0.6) is 0 Å². The monoisotopic (exact) mass is 396 g/mol. The Hall–Kier alpha value is -1.08. The molecule has 3 fully saturated rings. The molecule has 0 aromatic heterocycles. The van der Waals surface area contributed by atoms with Crippen LogP contribution in [-0.4, -0.2) is 11.2 Å². The van der Waals surface area contributed by atoms with Crippen LogP contribution in [0.25, 0.3) is 0 Å². The maximum atomic E-state index is 10.0. The van der Waals surface area contributed by atoms with Crippen molar-refractivity contribution in [3.63, 3.8) is 0 Å². The van der Waals surface area contributed by atoms with Crippen molar-refractivity contribution in [1.82, 2.24) is 0 Å². The minimum absolute atomic E-state index is 0.182. The van der Waals surface area contributed by atoms with E-state index in [0.29, 0.717) is 17.3 Å². The number of aliphatic hydroxyl groups is 1. The topological polar surface area (TPSA) is 20.2 Å². The molecule has 0 aromatic rings. The van der Waals surface area contributed by atoms with Gasteiger partial charge in [0, 0.05) is 0 Å². The van der Waals surface area contributed by atoms with Crippen molar-refractivity contribution >= 4 is 0 Å². The second kappa shape index (κ2) is 9.38. The average Bonchev–Trinajstić information content (AvgIpc) is 3.04. The SMILES string of the molecule is C=C1CC[C@H](O)C/C1=C/C=C1\CCC[C@@]2(C)C1CCC2[C@H](C)/C=C/[C@H](C)C(C)C. The molecule has 1 N–H and O–H groups in total. The van der Waals surface area contributed by atoms with Crippen LogP contribution in [0.3, 0.4) is 0 Å². The van der Waals surface area contributed by atoms with Gasteiger partial charge in [0.2, 0.25) is 0 Å². The highest BCUT2D eigenvalue weighted by Crippen LogP contribution is 2.59. The first-order valence-corrected chi connectivity index (χ1v) is 12.2. The van der Waals surface area contributed by atoms with Gasteiger partial charge in [-0.2, -0.15) is 0 Å². The molecule has 0 radical (unpaired) electrons. The second-order valence-corrected chi connectivity index (χ2v) is 10.9. The Morgan fingerprint density at radius 3 is 2.52 bits per heavy atom. The number of rotatable bonds is 5. The highest BCUT2D eigenvalue weighted by atomic mass is 16.3. The molecular formula is C28H44O. The van der Waals surface area contributed by atoms with Crippen molar-refractivity contribution in [3.05, 3.63) is 47.6 Å². The summed E-state index contributed by atoms with van der Waals surface area (Å²) < 4.78 is 0. The molecule has 3 rings (SSSR count). The number of fused-ring (bicyclic) bond motifs is 1. The number of allylic oxidation sites excluding steroid dienone is 6. The van der Waals surface area contributed by atoms with Gasteiger partial charge < -0.3 is 5.11 Å². The molecule has 6 atom stereocenters. The Morgan fingerprint density at radius 1 is 1.03 bits per heavy atom. The highest BCUT2D eigenvalue weighted by Gasteiger charge is 2.50. The van der Waals surface area contributed by atoms with Crippen molar-refractivity contribution in [2.75, 3.05) is 0 Å². The van der Waals surface area contributed by atoms with Crippen molar-refractivity contribution in [2.24, 2.45) is 35.0 Å². The lowest BCUT2D eigenvalue weighted by Crippen LogP contribution is -2.35. The van der Waals surface area contributed by atoms with Crippen LogP contribution < -0.4 is 0 Å². The fourth-order valence-electron chi connectivity index (χ4n) is 6.25. The zero-order valence-electron chi connectivity index (χ0n) is 19.6. The van der Waals surface area contributed by atoms with Crippen LogP contribution >= 0.6 is 0 Å². The van der Waals surface area contributed by atoms with Gasteiger partial charge in [-0.1, -0.05) is 76.6 Å². The number of hydrogen-bond acceptors (Lipinski definition) is 1. The third-order valence-electron chi connectivity index (χ3n) is 8.63. The molecule has 0 spiro atoms. The number of hydrogen-bond donors (Lipinski definition) is 1. The summed E-state index contributed by atoms with van der Waals surface area (Å²) in [5.74, 6) is 3.58. The lowest BCUT2D eigenvalue weighted by atomic mass is 9.61. The quantitative estimate of drug-likeness (QED) is 0.473. The standard InChI is InChI=1S/C28H44O/c1-19(2)20(3)9-10-22(5)26-15-16-27-23(8-7-17-28(26,27)6)12-13-24-18-25(29)14-11-21(24)4/h9-10,12-13,19-20,22,25-27,29H,4,7-8,11,14-18H2,1-3,5-6H3/b10-9+,23-12+,24-13-/t20-,22+,25-,26?,27?,28+/m0/s1. The van der Waals surface area contributed by atoms with Crippen LogP contribution in [0.15, 0.2) is 47.6 Å². The summed E-state index contributed by atoms with van der Waals surface area (Å²) >= 11 is 0. The molecular weight excluding hydrogens is 352 g/mol. The fraction of sp³-hybridized carbons (Fsp3) is 0.714. The zero-order valence-corrected chi connectivity index (χ0v) is 19.6. The first-order chi connectivity index (χ1) is 13.7. The van der Waals surface area contributed by atoms with Crippen molar-refractivity contribution < 1.29 is 5.11 Å². The lowest BCUT2D eigenvalue weighted by Gasteiger charge is -2.44. The van der Waals surface area contributed by atoms with E-state index in [2.05, 4.69) is 65.5 Å². The van der Waals surface area contributed by atoms with Crippen LogP contribution in [0.1, 0.15) is 86.0 Å². The van der Waals surface area contributed by atoms with Gasteiger partial charge in [-0.3, -0.25) is 0 Å². The van der Waals surface area contributed by atoms with Crippen molar-refractivity contribution in [3.8, 4) is 0 Å². The first-order valence-electron chi connectivity index (χ1n) is 12.2. The Morgan fingerprint density at radius 2 is 1.79 bits per heavy atom. The normalized spacial score (nSPS) is 38.2. The molecule has 3 aliphatic rings. The van der Waals surface area contributed by atoms with E-state index in [4.69, 9.17) is 0 Å². The Labute approximate surface area is 180 Å². The number of aliphatic hydroxyl groups excluding tert-OH is 1. The van der Waals surface area contributed by atoms with Gasteiger partial charge in [0.1, 0.15) is 0 Å². The average molecular weight is 397 g/mol. The predicted octanol–water partition coefficient (Wildman–Crippen LogP) is 7.64. The van der Waals surface area contributed by atoms with Crippen LogP contribution in [0.2, 0.25) is 0 Å². The molecule has 0 saturated heterocycles. The van der Waals surface area contributed by atoms with E-state index in [1.165, 1.54) is 43.3 Å². The summed E-state index contributed by atoms with van der Waals surface area (Å²) in [4.78, 5) is 0.